The van der Waals surface area contributed by atoms with Crippen LogP contribution in [0.1, 0.15) is 6.92 Å². The van der Waals surface area contributed by atoms with E-state index in [4.69, 9.17) is 9.47 Å². The molecule has 1 aliphatic heterocycles. The molecule has 2 rings (SSSR count). The van der Waals surface area contributed by atoms with Crippen molar-refractivity contribution in [2.75, 3.05) is 44.7 Å². The molecule has 0 radical (unpaired) electrons. The number of anilines is 1. The zero-order valence-electron chi connectivity index (χ0n) is 14.2. The highest BCUT2D eigenvalue weighted by molar-refractivity contribution is 5.93. The maximum Gasteiger partial charge on any atom is 0.405 e. The Labute approximate surface area is 148 Å². The normalized spacial score (nSPS) is 13.4. The van der Waals surface area contributed by atoms with Gasteiger partial charge in [-0.3, -0.25) is 14.5 Å². The van der Waals surface area contributed by atoms with Crippen LogP contribution in [-0.4, -0.2) is 62.3 Å². The van der Waals surface area contributed by atoms with E-state index in [1.54, 1.807) is 30.4 Å². The third kappa shape index (κ3) is 6.43. The van der Waals surface area contributed by atoms with Gasteiger partial charge in [-0.25, -0.2) is 0 Å². The molecule has 1 heterocycles. The fourth-order valence-corrected chi connectivity index (χ4v) is 2.26. The molecule has 1 aromatic rings. The molecule has 10 heteroatoms. The summed E-state index contributed by atoms with van der Waals surface area (Å²) in [6, 6.07) is 4.95. The van der Waals surface area contributed by atoms with Gasteiger partial charge in [-0.2, -0.15) is 13.2 Å². The van der Waals surface area contributed by atoms with Gasteiger partial charge in [-0.1, -0.05) is 6.92 Å². The lowest BCUT2D eigenvalue weighted by Gasteiger charge is -2.21. The second-order valence-electron chi connectivity index (χ2n) is 5.60. The number of amides is 2. The van der Waals surface area contributed by atoms with Crippen LogP contribution < -0.4 is 20.1 Å². The molecule has 0 atom stereocenters. The zero-order valence-corrected chi connectivity index (χ0v) is 14.2. The number of nitrogens with one attached hydrogen (secondary N) is 2. The van der Waals surface area contributed by atoms with E-state index in [1.807, 2.05) is 0 Å². The number of rotatable bonds is 7. The van der Waals surface area contributed by atoms with Crippen molar-refractivity contribution in [3.63, 3.8) is 0 Å². The third-order valence-corrected chi connectivity index (χ3v) is 3.49. The maximum absolute atomic E-state index is 12.1. The van der Waals surface area contributed by atoms with Gasteiger partial charge in [-0.15, -0.1) is 0 Å². The lowest BCUT2D eigenvalue weighted by molar-refractivity contribution is -0.139. The van der Waals surface area contributed by atoms with E-state index in [9.17, 15) is 22.8 Å². The van der Waals surface area contributed by atoms with Crippen molar-refractivity contribution in [2.24, 2.45) is 0 Å². The Hall–Kier alpha value is -2.49. The summed E-state index contributed by atoms with van der Waals surface area (Å²) in [4.78, 5) is 25.1. The number of halogens is 3. The largest absolute Gasteiger partial charge is 0.486 e. The number of ether oxygens (including phenoxy) is 2. The molecule has 0 saturated carbocycles. The van der Waals surface area contributed by atoms with Gasteiger partial charge in [0, 0.05) is 11.8 Å². The van der Waals surface area contributed by atoms with E-state index in [2.05, 4.69) is 5.32 Å². The number of fused-ring (bicyclic) bond motifs is 1. The standard InChI is InChI=1S/C16H20F3N3O4/c1-2-22(8-14(23)20-10-16(17,18)19)9-15(24)21-11-3-4-12-13(7-11)26-6-5-25-12/h3-4,7H,2,5-6,8-10H2,1H3,(H,20,23)(H,21,24). The van der Waals surface area contributed by atoms with E-state index in [1.165, 1.54) is 4.90 Å². The SMILES string of the molecule is CCN(CC(=O)NCC(F)(F)F)CC(=O)Nc1ccc2c(c1)OCCO2. The molecule has 0 aliphatic carbocycles. The third-order valence-electron chi connectivity index (χ3n) is 3.49. The van der Waals surface area contributed by atoms with Crippen LogP contribution in [0.5, 0.6) is 11.5 Å². The number of nitrogens with zero attached hydrogens (tertiary/aromatic N) is 1. The molecule has 2 amide bonds. The monoisotopic (exact) mass is 375 g/mol. The Morgan fingerprint density at radius 3 is 2.42 bits per heavy atom. The van der Waals surface area contributed by atoms with Crippen LogP contribution in [0.25, 0.3) is 0 Å². The molecule has 7 nitrogen and oxygen atoms in total. The predicted octanol–water partition coefficient (Wildman–Crippen LogP) is 1.40. The Morgan fingerprint density at radius 2 is 1.77 bits per heavy atom. The first-order valence-electron chi connectivity index (χ1n) is 8.02. The first kappa shape index (κ1) is 19.8. The molecule has 26 heavy (non-hydrogen) atoms. The van der Waals surface area contributed by atoms with E-state index in [-0.39, 0.29) is 13.1 Å². The first-order valence-corrected chi connectivity index (χ1v) is 8.02. The summed E-state index contributed by atoms with van der Waals surface area (Å²) in [5.41, 5.74) is 0.497. The molecule has 1 aromatic carbocycles. The number of benzene rings is 1. The minimum absolute atomic E-state index is 0.135. The molecule has 0 unspecified atom stereocenters. The zero-order chi connectivity index (χ0) is 19.2. The van der Waals surface area contributed by atoms with Crippen LogP contribution in [0, 0.1) is 0 Å². The maximum atomic E-state index is 12.1. The summed E-state index contributed by atoms with van der Waals surface area (Å²) in [7, 11) is 0. The minimum Gasteiger partial charge on any atom is -0.486 e. The van der Waals surface area contributed by atoms with E-state index < -0.39 is 24.5 Å². The van der Waals surface area contributed by atoms with E-state index in [0.29, 0.717) is 36.9 Å². The highest BCUT2D eigenvalue weighted by Gasteiger charge is 2.28. The molecule has 0 saturated heterocycles. The molecular formula is C16H20F3N3O4. The van der Waals surface area contributed by atoms with Crippen molar-refractivity contribution in [1.82, 2.24) is 10.2 Å². The number of carbonyl (C=O) groups excluding carboxylic acids is 2. The Kier molecular flexibility index (Phi) is 6.67. The van der Waals surface area contributed by atoms with Crippen LogP contribution in [0.15, 0.2) is 18.2 Å². The quantitative estimate of drug-likeness (QED) is 0.753. The van der Waals surface area contributed by atoms with Gasteiger partial charge in [0.05, 0.1) is 13.1 Å². The summed E-state index contributed by atoms with van der Waals surface area (Å²) in [6.45, 7) is 1.07. The minimum atomic E-state index is -4.47. The highest BCUT2D eigenvalue weighted by atomic mass is 19.4. The fourth-order valence-electron chi connectivity index (χ4n) is 2.26. The number of likely N-dealkylation sites (N-methyl/N-ethyl adjacent to an activating group) is 1. The van der Waals surface area contributed by atoms with Crippen molar-refractivity contribution in [1.29, 1.82) is 0 Å². The summed E-state index contributed by atoms with van der Waals surface area (Å²) in [5, 5.41) is 4.44. The topological polar surface area (TPSA) is 79.9 Å². The van der Waals surface area contributed by atoms with Crippen molar-refractivity contribution in [2.45, 2.75) is 13.1 Å². The molecular weight excluding hydrogens is 355 g/mol. The van der Waals surface area contributed by atoms with Crippen LogP contribution in [0.4, 0.5) is 18.9 Å². The number of alkyl halides is 3. The van der Waals surface area contributed by atoms with Gasteiger partial charge in [0.2, 0.25) is 11.8 Å². The average molecular weight is 375 g/mol. The van der Waals surface area contributed by atoms with Gasteiger partial charge >= 0.3 is 6.18 Å². The molecule has 0 bridgehead atoms. The van der Waals surface area contributed by atoms with Crippen LogP contribution in [-0.2, 0) is 9.59 Å². The van der Waals surface area contributed by atoms with Gasteiger partial charge in [0.15, 0.2) is 11.5 Å². The van der Waals surface area contributed by atoms with Gasteiger partial charge in [-0.05, 0) is 18.7 Å². The molecule has 1 aliphatic rings. The van der Waals surface area contributed by atoms with Crippen LogP contribution in [0.3, 0.4) is 0 Å². The number of carbonyl (C=O) groups is 2. The van der Waals surface area contributed by atoms with Crippen molar-refractivity contribution >= 4 is 17.5 Å². The number of hydrogen-bond acceptors (Lipinski definition) is 5. The highest BCUT2D eigenvalue weighted by Crippen LogP contribution is 2.32. The van der Waals surface area contributed by atoms with Gasteiger partial charge < -0.3 is 20.1 Å². The lowest BCUT2D eigenvalue weighted by atomic mass is 10.2. The number of hydrogen-bond donors (Lipinski definition) is 2. The van der Waals surface area contributed by atoms with E-state index in [0.717, 1.165) is 0 Å². The fraction of sp³-hybridized carbons (Fsp3) is 0.500. The Bertz CT molecular complexity index is 652. The average Bonchev–Trinajstić information content (AvgIpc) is 2.58. The molecule has 144 valence electrons. The van der Waals surface area contributed by atoms with Crippen molar-refractivity contribution in [3.8, 4) is 11.5 Å². The molecule has 0 fully saturated rings. The van der Waals surface area contributed by atoms with Gasteiger partial charge in [0.1, 0.15) is 19.8 Å². The van der Waals surface area contributed by atoms with Crippen LogP contribution >= 0.6 is 0 Å². The lowest BCUT2D eigenvalue weighted by Crippen LogP contribution is -2.43. The molecule has 2 N–H and O–H groups in total. The second-order valence-corrected chi connectivity index (χ2v) is 5.60. The molecule has 0 spiro atoms. The van der Waals surface area contributed by atoms with Crippen molar-refractivity contribution in [3.05, 3.63) is 18.2 Å². The van der Waals surface area contributed by atoms with Gasteiger partial charge in [0.25, 0.3) is 0 Å². The van der Waals surface area contributed by atoms with Crippen LogP contribution in [0.2, 0.25) is 0 Å². The predicted molar refractivity (Wildman–Crippen MR) is 87.2 cm³/mol. The summed E-state index contributed by atoms with van der Waals surface area (Å²) < 4.78 is 47.1. The van der Waals surface area contributed by atoms with E-state index >= 15 is 0 Å². The summed E-state index contributed by atoms with van der Waals surface area (Å²) in [6.07, 6.45) is -4.47. The molecule has 0 aromatic heterocycles. The summed E-state index contributed by atoms with van der Waals surface area (Å²) >= 11 is 0. The second kappa shape index (κ2) is 8.75. The first-order chi connectivity index (χ1) is 12.3. The summed E-state index contributed by atoms with van der Waals surface area (Å²) in [5.74, 6) is -0.0813. The Balaban J connectivity index is 1.84. The Morgan fingerprint density at radius 1 is 1.12 bits per heavy atom. The smallest absolute Gasteiger partial charge is 0.405 e. The van der Waals surface area contributed by atoms with Crippen molar-refractivity contribution < 1.29 is 32.2 Å².